The van der Waals surface area contributed by atoms with Crippen LogP contribution in [0.25, 0.3) is 6.08 Å². The van der Waals surface area contributed by atoms with Gasteiger partial charge in [0.1, 0.15) is 0 Å². The average molecular weight is 421 g/mol. The van der Waals surface area contributed by atoms with Crippen molar-refractivity contribution >= 4 is 34.9 Å². The van der Waals surface area contributed by atoms with Crippen LogP contribution in [-0.2, 0) is 24.1 Å². The molecule has 0 fully saturated rings. The van der Waals surface area contributed by atoms with E-state index in [0.717, 1.165) is 29.8 Å². The van der Waals surface area contributed by atoms with E-state index in [1.807, 2.05) is 6.92 Å². The van der Waals surface area contributed by atoms with Crippen molar-refractivity contribution < 1.29 is 14.3 Å². The maximum absolute atomic E-state index is 12.1. The lowest BCUT2D eigenvalue weighted by atomic mass is 10.0. The number of nitrogens with one attached hydrogen (secondary N) is 1. The molecule has 0 spiro atoms. The summed E-state index contributed by atoms with van der Waals surface area (Å²) in [4.78, 5) is 18.2. The Morgan fingerprint density at radius 1 is 1.36 bits per heavy atom. The first-order chi connectivity index (χ1) is 13.6. The van der Waals surface area contributed by atoms with Crippen LogP contribution in [-0.4, -0.2) is 31.2 Å². The number of thiazole rings is 1. The molecule has 7 heteroatoms. The van der Waals surface area contributed by atoms with Crippen LogP contribution < -0.4 is 14.8 Å². The number of benzene rings is 1. The molecule has 3 rings (SSSR count). The number of aromatic nitrogens is 1. The molecular formula is C21H25ClN2O3S. The molecule has 0 bridgehead atoms. The number of hydrogen-bond acceptors (Lipinski definition) is 5. The topological polar surface area (TPSA) is 60.5 Å². The van der Waals surface area contributed by atoms with Gasteiger partial charge in [0.25, 0.3) is 0 Å². The Kier molecular flexibility index (Phi) is 7.34. The quantitative estimate of drug-likeness (QED) is 0.640. The first kappa shape index (κ1) is 20.7. The van der Waals surface area contributed by atoms with Crippen LogP contribution in [0.4, 0.5) is 0 Å². The van der Waals surface area contributed by atoms with Crippen LogP contribution in [0, 0.1) is 0 Å². The van der Waals surface area contributed by atoms with Crippen molar-refractivity contribution in [2.24, 2.45) is 0 Å². The molecule has 1 amide bonds. The lowest BCUT2D eigenvalue weighted by Crippen LogP contribution is -2.23. The average Bonchev–Trinajstić information content (AvgIpc) is 3.11. The molecule has 150 valence electrons. The second-order valence-corrected chi connectivity index (χ2v) is 8.10. The minimum absolute atomic E-state index is 0.148. The Balaban J connectivity index is 1.53. The molecule has 1 aliphatic rings. The van der Waals surface area contributed by atoms with Gasteiger partial charge in [-0.25, -0.2) is 4.98 Å². The summed E-state index contributed by atoms with van der Waals surface area (Å²) >= 11 is 8.04. The molecule has 1 N–H and O–H groups in total. The van der Waals surface area contributed by atoms with Gasteiger partial charge in [-0.3, -0.25) is 4.79 Å². The molecule has 1 heterocycles. The lowest BCUT2D eigenvalue weighted by molar-refractivity contribution is -0.116. The molecule has 1 aromatic carbocycles. The molecule has 1 aromatic heterocycles. The zero-order valence-electron chi connectivity index (χ0n) is 16.2. The van der Waals surface area contributed by atoms with Crippen molar-refractivity contribution in [1.82, 2.24) is 10.3 Å². The smallest absolute Gasteiger partial charge is 0.244 e. The van der Waals surface area contributed by atoms with Gasteiger partial charge in [-0.05, 0) is 56.4 Å². The fourth-order valence-electron chi connectivity index (χ4n) is 3.16. The van der Waals surface area contributed by atoms with E-state index in [-0.39, 0.29) is 5.91 Å². The van der Waals surface area contributed by atoms with E-state index in [9.17, 15) is 4.79 Å². The number of fused-ring (bicyclic) bond motifs is 1. The Labute approximate surface area is 174 Å². The summed E-state index contributed by atoms with van der Waals surface area (Å²) < 4.78 is 10.8. The molecule has 0 saturated heterocycles. The van der Waals surface area contributed by atoms with Gasteiger partial charge in [0.15, 0.2) is 11.5 Å². The van der Waals surface area contributed by atoms with Gasteiger partial charge < -0.3 is 14.8 Å². The lowest BCUT2D eigenvalue weighted by Gasteiger charge is -2.11. The fraction of sp³-hybridized carbons (Fsp3) is 0.429. The Hall–Kier alpha value is -2.05. The molecule has 0 radical (unpaired) electrons. The van der Waals surface area contributed by atoms with E-state index < -0.39 is 0 Å². The molecule has 0 atom stereocenters. The number of amides is 1. The minimum Gasteiger partial charge on any atom is -0.493 e. The molecule has 5 nitrogen and oxygen atoms in total. The van der Waals surface area contributed by atoms with Crippen LogP contribution in [0.15, 0.2) is 18.2 Å². The standard InChI is InChI=1S/C21H25ClN2O3S/c1-3-27-21-15(22)12-14(13-17(21)26-2)8-9-19(25)23-11-10-20-24-16-6-4-5-7-18(16)28-20/h8-9,12-13H,3-7,10-11H2,1-2H3,(H,23,25)/b9-8+. The van der Waals surface area contributed by atoms with Crippen LogP contribution in [0.5, 0.6) is 11.5 Å². The second-order valence-electron chi connectivity index (χ2n) is 6.53. The van der Waals surface area contributed by atoms with Crippen LogP contribution in [0.1, 0.15) is 40.9 Å². The summed E-state index contributed by atoms with van der Waals surface area (Å²) in [7, 11) is 1.56. The van der Waals surface area contributed by atoms with Crippen molar-refractivity contribution in [3.63, 3.8) is 0 Å². The van der Waals surface area contributed by atoms with E-state index in [4.69, 9.17) is 26.1 Å². The zero-order valence-corrected chi connectivity index (χ0v) is 17.8. The number of carbonyl (C=O) groups is 1. The number of carbonyl (C=O) groups excluding carboxylic acids is 1. The van der Waals surface area contributed by atoms with Crippen LogP contribution >= 0.6 is 22.9 Å². The fourth-order valence-corrected chi connectivity index (χ4v) is 4.59. The van der Waals surface area contributed by atoms with E-state index >= 15 is 0 Å². The third kappa shape index (κ3) is 5.26. The number of halogens is 1. The first-order valence-corrected chi connectivity index (χ1v) is 10.7. The first-order valence-electron chi connectivity index (χ1n) is 9.54. The minimum atomic E-state index is -0.148. The summed E-state index contributed by atoms with van der Waals surface area (Å²) in [6, 6.07) is 3.54. The number of hydrogen-bond donors (Lipinski definition) is 1. The van der Waals surface area contributed by atoms with Crippen molar-refractivity contribution in [3.8, 4) is 11.5 Å². The van der Waals surface area contributed by atoms with E-state index in [2.05, 4.69) is 5.32 Å². The highest BCUT2D eigenvalue weighted by Gasteiger charge is 2.15. The third-order valence-electron chi connectivity index (χ3n) is 4.50. The number of methoxy groups -OCH3 is 1. The Bertz CT molecular complexity index is 840. The highest BCUT2D eigenvalue weighted by atomic mass is 35.5. The SMILES string of the molecule is CCOc1c(Cl)cc(/C=C/C(=O)NCCc2nc3c(s2)CCCC3)cc1OC. The van der Waals surface area contributed by atoms with Gasteiger partial charge in [-0.1, -0.05) is 11.6 Å². The van der Waals surface area contributed by atoms with Crippen LogP contribution in [0.2, 0.25) is 5.02 Å². The predicted molar refractivity (Wildman–Crippen MR) is 114 cm³/mol. The van der Waals surface area contributed by atoms with Gasteiger partial charge in [-0.2, -0.15) is 0 Å². The second kappa shape index (κ2) is 9.94. The molecule has 0 unspecified atom stereocenters. The summed E-state index contributed by atoms with van der Waals surface area (Å²) in [6.07, 6.45) is 8.71. The summed E-state index contributed by atoms with van der Waals surface area (Å²) in [5, 5.41) is 4.47. The molecule has 0 aliphatic heterocycles. The van der Waals surface area contributed by atoms with Gasteiger partial charge in [0.2, 0.25) is 5.91 Å². The molecule has 0 saturated carbocycles. The molecular weight excluding hydrogens is 396 g/mol. The number of aryl methyl sites for hydroxylation is 2. The number of ether oxygens (including phenoxy) is 2. The molecule has 1 aliphatic carbocycles. The number of nitrogens with zero attached hydrogens (tertiary/aromatic N) is 1. The van der Waals surface area contributed by atoms with E-state index in [1.165, 1.54) is 29.5 Å². The van der Waals surface area contributed by atoms with Crippen molar-refractivity contribution in [2.45, 2.75) is 39.0 Å². The summed E-state index contributed by atoms with van der Waals surface area (Å²) in [5.74, 6) is 0.909. The normalized spacial score (nSPS) is 13.4. The van der Waals surface area contributed by atoms with Gasteiger partial charge >= 0.3 is 0 Å². The monoisotopic (exact) mass is 420 g/mol. The van der Waals surface area contributed by atoms with Gasteiger partial charge in [-0.15, -0.1) is 11.3 Å². The Morgan fingerprint density at radius 2 is 2.18 bits per heavy atom. The third-order valence-corrected chi connectivity index (χ3v) is 5.99. The van der Waals surface area contributed by atoms with Crippen molar-refractivity contribution in [3.05, 3.63) is 44.4 Å². The number of rotatable bonds is 8. The predicted octanol–water partition coefficient (Wildman–Crippen LogP) is 4.45. The summed E-state index contributed by atoms with van der Waals surface area (Å²) in [6.45, 7) is 2.95. The van der Waals surface area contributed by atoms with E-state index in [0.29, 0.717) is 29.7 Å². The highest BCUT2D eigenvalue weighted by molar-refractivity contribution is 7.11. The summed E-state index contributed by atoms with van der Waals surface area (Å²) in [5.41, 5.74) is 2.03. The van der Waals surface area contributed by atoms with Gasteiger partial charge in [0.05, 0.1) is 29.4 Å². The zero-order chi connectivity index (χ0) is 19.9. The largest absolute Gasteiger partial charge is 0.493 e. The maximum atomic E-state index is 12.1. The van der Waals surface area contributed by atoms with Crippen LogP contribution in [0.3, 0.4) is 0 Å². The van der Waals surface area contributed by atoms with Crippen molar-refractivity contribution in [1.29, 1.82) is 0 Å². The van der Waals surface area contributed by atoms with Crippen molar-refractivity contribution in [2.75, 3.05) is 20.3 Å². The Morgan fingerprint density at radius 3 is 2.93 bits per heavy atom. The molecule has 2 aromatic rings. The van der Waals surface area contributed by atoms with E-state index in [1.54, 1.807) is 36.7 Å². The maximum Gasteiger partial charge on any atom is 0.244 e. The van der Waals surface area contributed by atoms with Gasteiger partial charge in [0, 0.05) is 23.9 Å². The molecule has 28 heavy (non-hydrogen) atoms. The highest BCUT2D eigenvalue weighted by Crippen LogP contribution is 2.36.